The Morgan fingerprint density at radius 2 is 2.37 bits per heavy atom. The maximum Gasteiger partial charge on any atom is 0.306 e. The maximum absolute atomic E-state index is 11.4. The van der Waals surface area contributed by atoms with Gasteiger partial charge in [-0.25, -0.2) is 0 Å². The van der Waals surface area contributed by atoms with E-state index in [9.17, 15) is 4.79 Å². The van der Waals surface area contributed by atoms with Crippen LogP contribution in [0.5, 0.6) is 0 Å². The van der Waals surface area contributed by atoms with Gasteiger partial charge >= 0.3 is 5.97 Å². The zero-order chi connectivity index (χ0) is 13.9. The van der Waals surface area contributed by atoms with Gasteiger partial charge < -0.3 is 10.5 Å². The first-order valence-electron chi connectivity index (χ1n) is 6.52. The molecule has 0 aromatic carbocycles. The van der Waals surface area contributed by atoms with Crippen LogP contribution in [-0.4, -0.2) is 24.9 Å². The molecule has 2 rings (SSSR count). The summed E-state index contributed by atoms with van der Waals surface area (Å²) in [5.41, 5.74) is 7.57. The van der Waals surface area contributed by atoms with Gasteiger partial charge in [-0.1, -0.05) is 0 Å². The van der Waals surface area contributed by atoms with Crippen LogP contribution in [0.15, 0.2) is 16.8 Å². The number of ether oxygens (including phenoxy) is 1. The number of esters is 1. The molecular weight excluding hydrogens is 278 g/mol. The normalized spacial score (nSPS) is 19.7. The molecular formula is C14H21NO2S2. The number of hydrogen-bond acceptors (Lipinski definition) is 5. The molecule has 0 saturated heterocycles. The summed E-state index contributed by atoms with van der Waals surface area (Å²) in [7, 11) is 1.46. The van der Waals surface area contributed by atoms with Gasteiger partial charge in [-0.05, 0) is 47.6 Å². The lowest BCUT2D eigenvalue weighted by molar-refractivity contribution is -0.141. The van der Waals surface area contributed by atoms with E-state index in [4.69, 9.17) is 10.5 Å². The van der Waals surface area contributed by atoms with Crippen molar-refractivity contribution in [1.82, 2.24) is 0 Å². The SMILES string of the molecule is COC(=O)CC1(CSC(c2ccsc2)C(C)N)CC1. The molecule has 5 heteroatoms. The maximum atomic E-state index is 11.4. The number of nitrogens with two attached hydrogens (primary N) is 1. The molecule has 1 aromatic heterocycles. The Bertz CT molecular complexity index is 413. The summed E-state index contributed by atoms with van der Waals surface area (Å²) in [6.45, 7) is 2.05. The lowest BCUT2D eigenvalue weighted by Gasteiger charge is -2.22. The third kappa shape index (κ3) is 3.97. The van der Waals surface area contributed by atoms with E-state index in [1.54, 1.807) is 11.3 Å². The standard InChI is InChI=1S/C14H21NO2S2/c1-10(15)13(11-3-6-18-8-11)19-9-14(4-5-14)7-12(16)17-2/h3,6,8,10,13H,4-5,7,9,15H2,1-2H3. The fourth-order valence-corrected chi connectivity index (χ4v) is 4.53. The topological polar surface area (TPSA) is 52.3 Å². The van der Waals surface area contributed by atoms with Crippen molar-refractivity contribution in [1.29, 1.82) is 0 Å². The van der Waals surface area contributed by atoms with E-state index in [0.29, 0.717) is 11.7 Å². The quantitative estimate of drug-likeness (QED) is 0.786. The fourth-order valence-electron chi connectivity index (χ4n) is 2.18. The Kier molecular flexibility index (Phi) is 4.92. The Labute approximate surface area is 122 Å². The highest BCUT2D eigenvalue weighted by atomic mass is 32.2. The summed E-state index contributed by atoms with van der Waals surface area (Å²) >= 11 is 3.59. The number of rotatable bonds is 7. The van der Waals surface area contributed by atoms with Crippen molar-refractivity contribution in [3.63, 3.8) is 0 Å². The van der Waals surface area contributed by atoms with Crippen LogP contribution in [0.4, 0.5) is 0 Å². The molecule has 0 aliphatic heterocycles. The lowest BCUT2D eigenvalue weighted by atomic mass is 10.1. The summed E-state index contributed by atoms with van der Waals surface area (Å²) in [6.07, 6.45) is 2.81. The van der Waals surface area contributed by atoms with E-state index >= 15 is 0 Å². The van der Waals surface area contributed by atoms with Crippen molar-refractivity contribution in [2.45, 2.75) is 37.5 Å². The summed E-state index contributed by atoms with van der Waals surface area (Å²) in [4.78, 5) is 11.4. The number of methoxy groups -OCH3 is 1. The van der Waals surface area contributed by atoms with Crippen LogP contribution in [0.2, 0.25) is 0 Å². The molecule has 2 unspecified atom stereocenters. The van der Waals surface area contributed by atoms with Crippen LogP contribution >= 0.6 is 23.1 Å². The third-order valence-corrected chi connectivity index (χ3v) is 6.16. The molecule has 0 bridgehead atoms. The van der Waals surface area contributed by atoms with Crippen LogP contribution in [-0.2, 0) is 9.53 Å². The number of thioether (sulfide) groups is 1. The summed E-state index contributed by atoms with van der Waals surface area (Å²) in [5, 5.41) is 4.58. The van der Waals surface area contributed by atoms with E-state index in [0.717, 1.165) is 18.6 Å². The highest BCUT2D eigenvalue weighted by molar-refractivity contribution is 7.99. The van der Waals surface area contributed by atoms with Gasteiger partial charge in [0.1, 0.15) is 0 Å². The van der Waals surface area contributed by atoms with Crippen molar-refractivity contribution in [2.75, 3.05) is 12.9 Å². The van der Waals surface area contributed by atoms with Crippen LogP contribution in [0, 0.1) is 5.41 Å². The largest absolute Gasteiger partial charge is 0.469 e. The highest BCUT2D eigenvalue weighted by Crippen LogP contribution is 2.53. The number of carbonyl (C=O) groups excluding carboxylic acids is 1. The fraction of sp³-hybridized carbons (Fsp3) is 0.643. The molecule has 3 nitrogen and oxygen atoms in total. The second-order valence-corrected chi connectivity index (χ2v) is 7.31. The van der Waals surface area contributed by atoms with Gasteiger partial charge in [0.2, 0.25) is 0 Å². The molecule has 106 valence electrons. The lowest BCUT2D eigenvalue weighted by Crippen LogP contribution is -2.24. The van der Waals surface area contributed by atoms with Gasteiger partial charge in [0.25, 0.3) is 0 Å². The molecule has 1 fully saturated rings. The summed E-state index contributed by atoms with van der Waals surface area (Å²) in [5.74, 6) is 0.899. The van der Waals surface area contributed by atoms with Gasteiger partial charge in [0.15, 0.2) is 0 Å². The zero-order valence-corrected chi connectivity index (χ0v) is 13.1. The Hall–Kier alpha value is -0.520. The molecule has 1 aliphatic carbocycles. The number of hydrogen-bond donors (Lipinski definition) is 1. The van der Waals surface area contributed by atoms with E-state index in [1.165, 1.54) is 12.7 Å². The number of thiophene rings is 1. The first-order valence-corrected chi connectivity index (χ1v) is 8.51. The Morgan fingerprint density at radius 1 is 1.63 bits per heavy atom. The summed E-state index contributed by atoms with van der Waals surface area (Å²) in [6, 6.07) is 2.26. The van der Waals surface area contributed by atoms with Crippen molar-refractivity contribution >= 4 is 29.1 Å². The Balaban J connectivity index is 1.91. The van der Waals surface area contributed by atoms with Crippen molar-refractivity contribution in [3.8, 4) is 0 Å². The number of carbonyl (C=O) groups is 1. The Morgan fingerprint density at radius 3 is 2.84 bits per heavy atom. The molecule has 0 radical (unpaired) electrons. The van der Waals surface area contributed by atoms with E-state index in [-0.39, 0.29) is 17.4 Å². The van der Waals surface area contributed by atoms with Crippen molar-refractivity contribution in [3.05, 3.63) is 22.4 Å². The summed E-state index contributed by atoms with van der Waals surface area (Å²) < 4.78 is 4.78. The predicted octanol–water partition coefficient (Wildman–Crippen LogP) is 3.21. The molecule has 1 aromatic rings. The van der Waals surface area contributed by atoms with E-state index in [2.05, 4.69) is 23.8 Å². The monoisotopic (exact) mass is 299 g/mol. The second kappa shape index (κ2) is 6.29. The highest BCUT2D eigenvalue weighted by Gasteiger charge is 2.45. The molecule has 1 aliphatic rings. The van der Waals surface area contributed by atoms with Crippen molar-refractivity contribution < 1.29 is 9.53 Å². The molecule has 19 heavy (non-hydrogen) atoms. The average Bonchev–Trinajstić information content (AvgIpc) is 2.91. The van der Waals surface area contributed by atoms with Gasteiger partial charge in [0, 0.05) is 17.0 Å². The van der Waals surface area contributed by atoms with Gasteiger partial charge in [0.05, 0.1) is 13.5 Å². The van der Waals surface area contributed by atoms with Crippen LogP contribution < -0.4 is 5.73 Å². The molecule has 2 atom stereocenters. The third-order valence-electron chi connectivity index (χ3n) is 3.62. The molecule has 0 amide bonds. The van der Waals surface area contributed by atoms with Crippen LogP contribution in [0.1, 0.15) is 37.0 Å². The first-order chi connectivity index (χ1) is 9.06. The average molecular weight is 299 g/mol. The first kappa shape index (κ1) is 14.9. The molecule has 2 N–H and O–H groups in total. The molecule has 1 heterocycles. The molecule has 1 saturated carbocycles. The van der Waals surface area contributed by atoms with E-state index < -0.39 is 0 Å². The smallest absolute Gasteiger partial charge is 0.306 e. The van der Waals surface area contributed by atoms with Crippen molar-refractivity contribution in [2.24, 2.45) is 11.1 Å². The predicted molar refractivity (Wildman–Crippen MR) is 81.5 cm³/mol. The minimum Gasteiger partial charge on any atom is -0.469 e. The van der Waals surface area contributed by atoms with Gasteiger partial charge in [-0.15, -0.1) is 0 Å². The second-order valence-electron chi connectivity index (χ2n) is 5.40. The van der Waals surface area contributed by atoms with Gasteiger partial charge in [-0.2, -0.15) is 23.1 Å². The van der Waals surface area contributed by atoms with Gasteiger partial charge in [-0.3, -0.25) is 4.79 Å². The van der Waals surface area contributed by atoms with E-state index in [1.807, 2.05) is 11.8 Å². The van der Waals surface area contributed by atoms with Crippen LogP contribution in [0.3, 0.4) is 0 Å². The zero-order valence-electron chi connectivity index (χ0n) is 11.4. The minimum absolute atomic E-state index is 0.0917. The molecule has 0 spiro atoms. The minimum atomic E-state index is -0.0917. The van der Waals surface area contributed by atoms with Crippen LogP contribution in [0.25, 0.3) is 0 Å².